The molecule has 1 atom stereocenters. The predicted molar refractivity (Wildman–Crippen MR) is 110 cm³/mol. The van der Waals surface area contributed by atoms with Crippen LogP contribution >= 0.6 is 0 Å². The Hall–Kier alpha value is -3.16. The fourth-order valence-electron chi connectivity index (χ4n) is 3.19. The van der Waals surface area contributed by atoms with E-state index in [1.54, 1.807) is 25.3 Å². The van der Waals surface area contributed by atoms with Crippen molar-refractivity contribution in [3.05, 3.63) is 89.3 Å². The second-order valence-electron chi connectivity index (χ2n) is 7.20. The molecule has 0 saturated heterocycles. The van der Waals surface area contributed by atoms with Gasteiger partial charge in [0.1, 0.15) is 11.3 Å². The zero-order valence-corrected chi connectivity index (χ0v) is 15.7. The molecule has 2 heterocycles. The summed E-state index contributed by atoms with van der Waals surface area (Å²) < 4.78 is 19.7. The third-order valence-electron chi connectivity index (χ3n) is 4.59. The fourth-order valence-corrected chi connectivity index (χ4v) is 3.19. The average molecular weight is 372 g/mol. The van der Waals surface area contributed by atoms with Gasteiger partial charge in [0, 0.05) is 23.6 Å². The molecule has 1 N–H and O–H groups in total. The van der Waals surface area contributed by atoms with Gasteiger partial charge in [0.2, 0.25) is 0 Å². The maximum atomic E-state index is 14.0. The Labute approximate surface area is 164 Å². The number of H-pyrrole nitrogens is 1. The van der Waals surface area contributed by atoms with Gasteiger partial charge in [-0.05, 0) is 60.4 Å². The van der Waals surface area contributed by atoms with E-state index in [1.807, 2.05) is 48.5 Å². The summed E-state index contributed by atoms with van der Waals surface area (Å²) in [5.74, 6) is 6.30. The SMILES string of the molecule is CC1(F)C=CC=C(COCc2ccc(C#Cc3cc4cccnc4[nH]3)cc2)C1. The van der Waals surface area contributed by atoms with E-state index in [-0.39, 0.29) is 0 Å². The average Bonchev–Trinajstić information content (AvgIpc) is 3.10. The van der Waals surface area contributed by atoms with Crippen molar-refractivity contribution in [1.82, 2.24) is 9.97 Å². The number of fused-ring (bicyclic) bond motifs is 1. The van der Waals surface area contributed by atoms with E-state index >= 15 is 0 Å². The van der Waals surface area contributed by atoms with Crippen LogP contribution in [0.3, 0.4) is 0 Å². The van der Waals surface area contributed by atoms with Crippen LogP contribution in [-0.4, -0.2) is 22.2 Å². The van der Waals surface area contributed by atoms with E-state index in [0.717, 1.165) is 33.4 Å². The lowest BCUT2D eigenvalue weighted by Crippen LogP contribution is -2.19. The van der Waals surface area contributed by atoms with E-state index in [1.165, 1.54) is 0 Å². The fraction of sp³-hybridized carbons (Fsp3) is 0.208. The highest BCUT2D eigenvalue weighted by Crippen LogP contribution is 2.26. The summed E-state index contributed by atoms with van der Waals surface area (Å²) in [6, 6.07) is 13.9. The van der Waals surface area contributed by atoms with Crippen LogP contribution in [0.2, 0.25) is 0 Å². The highest BCUT2D eigenvalue weighted by Gasteiger charge is 2.23. The van der Waals surface area contributed by atoms with Crippen LogP contribution in [0.25, 0.3) is 11.0 Å². The van der Waals surface area contributed by atoms with Crippen molar-refractivity contribution in [2.75, 3.05) is 6.61 Å². The predicted octanol–water partition coefficient (Wildman–Crippen LogP) is 5.09. The molecule has 3 aromatic rings. The molecule has 0 bridgehead atoms. The van der Waals surface area contributed by atoms with Crippen molar-refractivity contribution in [3.8, 4) is 11.8 Å². The van der Waals surface area contributed by atoms with Crippen molar-refractivity contribution >= 4 is 11.0 Å². The summed E-state index contributed by atoms with van der Waals surface area (Å²) >= 11 is 0. The van der Waals surface area contributed by atoms with Crippen LogP contribution in [0.15, 0.2) is 72.5 Å². The van der Waals surface area contributed by atoms with Crippen molar-refractivity contribution in [2.24, 2.45) is 0 Å². The van der Waals surface area contributed by atoms with Crippen LogP contribution in [0.5, 0.6) is 0 Å². The van der Waals surface area contributed by atoms with Gasteiger partial charge >= 0.3 is 0 Å². The summed E-state index contributed by atoms with van der Waals surface area (Å²) in [7, 11) is 0. The number of nitrogens with one attached hydrogen (secondary N) is 1. The van der Waals surface area contributed by atoms with E-state index in [2.05, 4.69) is 21.8 Å². The number of hydrogen-bond donors (Lipinski definition) is 1. The Kier molecular flexibility index (Phi) is 5.10. The maximum Gasteiger partial charge on any atom is 0.138 e. The molecule has 2 aromatic heterocycles. The van der Waals surface area contributed by atoms with Crippen molar-refractivity contribution in [3.63, 3.8) is 0 Å². The largest absolute Gasteiger partial charge is 0.372 e. The molecule has 4 heteroatoms. The number of aromatic amines is 1. The van der Waals surface area contributed by atoms with Gasteiger partial charge in [0.05, 0.1) is 18.9 Å². The summed E-state index contributed by atoms with van der Waals surface area (Å²) in [5.41, 5.74) is 3.39. The second-order valence-corrected chi connectivity index (χ2v) is 7.20. The molecule has 140 valence electrons. The van der Waals surface area contributed by atoms with E-state index in [0.29, 0.717) is 19.6 Å². The van der Waals surface area contributed by atoms with Crippen LogP contribution < -0.4 is 0 Å². The quantitative estimate of drug-likeness (QED) is 0.648. The number of hydrogen-bond acceptors (Lipinski definition) is 2. The topological polar surface area (TPSA) is 37.9 Å². The third-order valence-corrected chi connectivity index (χ3v) is 4.59. The molecule has 0 saturated carbocycles. The van der Waals surface area contributed by atoms with Crippen LogP contribution in [0.4, 0.5) is 4.39 Å². The van der Waals surface area contributed by atoms with Gasteiger partial charge in [-0.2, -0.15) is 0 Å². The van der Waals surface area contributed by atoms with Crippen molar-refractivity contribution < 1.29 is 9.13 Å². The molecule has 0 radical (unpaired) electrons. The molecule has 1 aliphatic carbocycles. The van der Waals surface area contributed by atoms with Crippen molar-refractivity contribution in [2.45, 2.75) is 25.6 Å². The van der Waals surface area contributed by atoms with Gasteiger partial charge in [0.25, 0.3) is 0 Å². The third kappa shape index (κ3) is 4.57. The monoisotopic (exact) mass is 372 g/mol. The molecule has 0 aliphatic heterocycles. The zero-order valence-electron chi connectivity index (χ0n) is 15.7. The minimum atomic E-state index is -1.27. The lowest BCUT2D eigenvalue weighted by molar-refractivity contribution is 0.133. The number of rotatable bonds is 4. The number of aromatic nitrogens is 2. The highest BCUT2D eigenvalue weighted by atomic mass is 19.1. The first-order chi connectivity index (χ1) is 13.6. The molecule has 3 nitrogen and oxygen atoms in total. The van der Waals surface area contributed by atoms with Crippen LogP contribution in [0, 0.1) is 11.8 Å². The molecule has 1 unspecified atom stereocenters. The van der Waals surface area contributed by atoms with Gasteiger partial charge in [-0.1, -0.05) is 30.2 Å². The second kappa shape index (κ2) is 7.84. The summed E-state index contributed by atoms with van der Waals surface area (Å²) in [5, 5.41) is 1.05. The van der Waals surface area contributed by atoms with E-state index < -0.39 is 5.67 Å². The number of benzene rings is 1. The number of pyridine rings is 1. The first kappa shape index (κ1) is 18.2. The molecular formula is C24H21FN2O. The van der Waals surface area contributed by atoms with Crippen LogP contribution in [-0.2, 0) is 11.3 Å². The number of nitrogens with zero attached hydrogens (tertiary/aromatic N) is 1. The Morgan fingerprint density at radius 1 is 1.18 bits per heavy atom. The molecule has 0 spiro atoms. The van der Waals surface area contributed by atoms with Gasteiger partial charge < -0.3 is 9.72 Å². The summed E-state index contributed by atoms with van der Waals surface area (Å²) in [6.07, 6.45) is 7.43. The smallest absolute Gasteiger partial charge is 0.138 e. The minimum Gasteiger partial charge on any atom is -0.372 e. The Bertz CT molecular complexity index is 1060. The number of halogens is 1. The van der Waals surface area contributed by atoms with E-state index in [9.17, 15) is 4.39 Å². The molecule has 4 rings (SSSR count). The number of ether oxygens (including phenoxy) is 1. The van der Waals surface area contributed by atoms with Gasteiger partial charge in [-0.15, -0.1) is 0 Å². The first-order valence-electron chi connectivity index (χ1n) is 9.26. The lowest BCUT2D eigenvalue weighted by Gasteiger charge is -2.21. The van der Waals surface area contributed by atoms with Gasteiger partial charge in [-0.3, -0.25) is 0 Å². The van der Waals surface area contributed by atoms with E-state index in [4.69, 9.17) is 4.74 Å². The Balaban J connectivity index is 1.33. The maximum absolute atomic E-state index is 14.0. The van der Waals surface area contributed by atoms with Gasteiger partial charge in [0.15, 0.2) is 0 Å². The molecule has 1 aliphatic rings. The first-order valence-corrected chi connectivity index (χ1v) is 9.26. The standard InChI is InChI=1S/C24H21FN2O/c1-24(25)12-2-4-20(15-24)17-28-16-19-8-6-18(7-9-19)10-11-22-14-21-5-3-13-26-23(21)27-22/h2-9,12-14H,15-17H2,1H3,(H,26,27). The Morgan fingerprint density at radius 3 is 2.82 bits per heavy atom. The van der Waals surface area contributed by atoms with Crippen molar-refractivity contribution in [1.29, 1.82) is 0 Å². The zero-order chi connectivity index (χ0) is 19.4. The molecule has 0 fully saturated rings. The lowest BCUT2D eigenvalue weighted by atomic mass is 9.94. The number of alkyl halides is 1. The minimum absolute atomic E-state index is 0.390. The Morgan fingerprint density at radius 2 is 2.04 bits per heavy atom. The van der Waals surface area contributed by atoms with Gasteiger partial charge in [-0.25, -0.2) is 9.37 Å². The molecule has 0 amide bonds. The molecule has 1 aromatic carbocycles. The molecule has 28 heavy (non-hydrogen) atoms. The summed E-state index contributed by atoms with van der Waals surface area (Å²) in [4.78, 5) is 7.47. The normalized spacial score (nSPS) is 18.6. The highest BCUT2D eigenvalue weighted by molar-refractivity contribution is 5.77. The number of allylic oxidation sites excluding steroid dienone is 3. The van der Waals surface area contributed by atoms with Crippen LogP contribution in [0.1, 0.15) is 30.2 Å². The summed E-state index contributed by atoms with van der Waals surface area (Å²) in [6.45, 7) is 2.52. The molecular weight excluding hydrogens is 351 g/mol.